The van der Waals surface area contributed by atoms with Crippen LogP contribution < -0.4 is 0 Å². The highest BCUT2D eigenvalue weighted by atomic mass is 16.3. The van der Waals surface area contributed by atoms with Gasteiger partial charge in [0.25, 0.3) is 5.91 Å². The molecule has 4 nitrogen and oxygen atoms in total. The average molecular weight is 234 g/mol. The van der Waals surface area contributed by atoms with Gasteiger partial charge in [0.15, 0.2) is 5.69 Å². The van der Waals surface area contributed by atoms with E-state index in [4.69, 9.17) is 0 Å². The van der Waals surface area contributed by atoms with Gasteiger partial charge in [-0.25, -0.2) is 4.98 Å². The Balaban J connectivity index is 2.01. The van der Waals surface area contributed by atoms with Gasteiger partial charge in [-0.3, -0.25) is 4.79 Å². The van der Waals surface area contributed by atoms with E-state index in [1.54, 1.807) is 18.0 Å². The second kappa shape index (κ2) is 5.17. The van der Waals surface area contributed by atoms with Crippen molar-refractivity contribution in [3.05, 3.63) is 24.0 Å². The highest BCUT2D eigenvalue weighted by molar-refractivity contribution is 5.94. The van der Waals surface area contributed by atoms with E-state index in [-0.39, 0.29) is 17.4 Å². The number of amides is 1. The molecule has 1 aromatic rings. The van der Waals surface area contributed by atoms with Gasteiger partial charge in [0.2, 0.25) is 0 Å². The van der Waals surface area contributed by atoms with Crippen LogP contribution in [0.3, 0.4) is 0 Å². The summed E-state index contributed by atoms with van der Waals surface area (Å²) in [4.78, 5) is 17.7. The van der Waals surface area contributed by atoms with Crippen molar-refractivity contribution in [2.45, 2.75) is 25.7 Å². The lowest BCUT2D eigenvalue weighted by Gasteiger charge is -2.20. The Bertz CT molecular complexity index is 400. The molecule has 0 radical (unpaired) electrons. The molecule has 0 saturated heterocycles. The summed E-state index contributed by atoms with van der Waals surface area (Å²) in [7, 11) is 1.77. The van der Waals surface area contributed by atoms with E-state index in [2.05, 4.69) is 4.98 Å². The Labute approximate surface area is 101 Å². The molecule has 1 aromatic heterocycles. The first-order valence-electron chi connectivity index (χ1n) is 6.08. The van der Waals surface area contributed by atoms with Gasteiger partial charge < -0.3 is 10.0 Å². The molecule has 17 heavy (non-hydrogen) atoms. The van der Waals surface area contributed by atoms with Gasteiger partial charge in [0.05, 0.1) is 0 Å². The van der Waals surface area contributed by atoms with Crippen molar-refractivity contribution in [2.75, 3.05) is 13.6 Å². The summed E-state index contributed by atoms with van der Waals surface area (Å²) in [5.74, 6) is 0.362. The lowest BCUT2D eigenvalue weighted by molar-refractivity contribution is 0.0764. The molecular weight excluding hydrogens is 216 g/mol. The van der Waals surface area contributed by atoms with Gasteiger partial charge in [-0.15, -0.1) is 0 Å². The fourth-order valence-electron chi connectivity index (χ4n) is 2.41. The number of carbonyl (C=O) groups excluding carboxylic acids is 1. The smallest absolute Gasteiger partial charge is 0.276 e. The standard InChI is InChI=1S/C13H18N2O2/c1-15(9-10-5-2-3-6-10)13(17)12-11(16)7-4-8-14-12/h4,7-8,10,16H,2-3,5-6,9H2,1H3. The topological polar surface area (TPSA) is 53.4 Å². The van der Waals surface area contributed by atoms with E-state index in [9.17, 15) is 9.90 Å². The van der Waals surface area contributed by atoms with Gasteiger partial charge >= 0.3 is 0 Å². The second-order valence-corrected chi connectivity index (χ2v) is 4.71. The van der Waals surface area contributed by atoms with E-state index >= 15 is 0 Å². The van der Waals surface area contributed by atoms with E-state index in [0.717, 1.165) is 6.54 Å². The third kappa shape index (κ3) is 2.75. The van der Waals surface area contributed by atoms with E-state index in [1.165, 1.54) is 37.9 Å². The number of hydrogen-bond acceptors (Lipinski definition) is 3. The minimum absolute atomic E-state index is 0.0456. The van der Waals surface area contributed by atoms with Crippen LogP contribution in [0.2, 0.25) is 0 Å². The predicted molar refractivity (Wildman–Crippen MR) is 64.8 cm³/mol. The molecule has 1 amide bonds. The van der Waals surface area contributed by atoms with Crippen LogP contribution in [0.1, 0.15) is 36.2 Å². The van der Waals surface area contributed by atoms with Gasteiger partial charge in [-0.2, -0.15) is 0 Å². The van der Waals surface area contributed by atoms with Crippen LogP contribution in [0.25, 0.3) is 0 Å². The molecule has 1 aliphatic carbocycles. The summed E-state index contributed by atoms with van der Waals surface area (Å²) in [6.45, 7) is 0.759. The highest BCUT2D eigenvalue weighted by Gasteiger charge is 2.22. The van der Waals surface area contributed by atoms with Crippen LogP contribution in [0.4, 0.5) is 0 Å². The summed E-state index contributed by atoms with van der Waals surface area (Å²) in [5, 5.41) is 9.58. The quantitative estimate of drug-likeness (QED) is 0.870. The molecule has 0 aromatic carbocycles. The first-order chi connectivity index (χ1) is 8.18. The molecule has 1 saturated carbocycles. The monoisotopic (exact) mass is 234 g/mol. The van der Waals surface area contributed by atoms with Gasteiger partial charge in [0, 0.05) is 19.8 Å². The maximum atomic E-state index is 12.1. The molecule has 0 bridgehead atoms. The first-order valence-corrected chi connectivity index (χ1v) is 6.08. The molecule has 4 heteroatoms. The van der Waals surface area contributed by atoms with Crippen molar-refractivity contribution < 1.29 is 9.90 Å². The number of hydrogen-bond donors (Lipinski definition) is 1. The van der Waals surface area contributed by atoms with Crippen LogP contribution >= 0.6 is 0 Å². The third-order valence-electron chi connectivity index (χ3n) is 3.34. The molecule has 0 spiro atoms. The molecule has 0 unspecified atom stereocenters. The Hall–Kier alpha value is -1.58. The fraction of sp³-hybridized carbons (Fsp3) is 0.538. The molecular formula is C13H18N2O2. The normalized spacial score (nSPS) is 16.1. The van der Waals surface area contributed by atoms with Crippen LogP contribution in [0, 0.1) is 5.92 Å². The highest BCUT2D eigenvalue weighted by Crippen LogP contribution is 2.26. The average Bonchev–Trinajstić information content (AvgIpc) is 2.81. The Kier molecular flexibility index (Phi) is 3.61. The zero-order valence-corrected chi connectivity index (χ0v) is 10.1. The van der Waals surface area contributed by atoms with E-state index < -0.39 is 0 Å². The summed E-state index contributed by atoms with van der Waals surface area (Å²) in [6.07, 6.45) is 6.46. The maximum absolute atomic E-state index is 12.1. The van der Waals surface area contributed by atoms with Crippen molar-refractivity contribution in [3.8, 4) is 5.75 Å². The molecule has 1 heterocycles. The number of nitrogens with zero attached hydrogens (tertiary/aromatic N) is 2. The zero-order valence-electron chi connectivity index (χ0n) is 10.1. The summed E-state index contributed by atoms with van der Waals surface area (Å²) in [5.41, 5.74) is 0.146. The van der Waals surface area contributed by atoms with Crippen LogP contribution in [0.5, 0.6) is 5.75 Å². The molecule has 2 rings (SSSR count). The summed E-state index contributed by atoms with van der Waals surface area (Å²) < 4.78 is 0. The molecule has 1 fully saturated rings. The first kappa shape index (κ1) is 11.9. The number of aromatic nitrogens is 1. The fourth-order valence-corrected chi connectivity index (χ4v) is 2.41. The number of aromatic hydroxyl groups is 1. The van der Waals surface area contributed by atoms with Crippen LogP contribution in [-0.2, 0) is 0 Å². The summed E-state index contributed by atoms with van der Waals surface area (Å²) in [6, 6.07) is 3.10. The Morgan fingerprint density at radius 2 is 2.24 bits per heavy atom. The molecule has 92 valence electrons. The molecule has 1 N–H and O–H groups in total. The minimum atomic E-state index is -0.199. The van der Waals surface area contributed by atoms with Crippen molar-refractivity contribution >= 4 is 5.91 Å². The van der Waals surface area contributed by atoms with Gasteiger partial charge in [0.1, 0.15) is 5.75 Å². The number of rotatable bonds is 3. The zero-order chi connectivity index (χ0) is 12.3. The van der Waals surface area contributed by atoms with Crippen molar-refractivity contribution in [3.63, 3.8) is 0 Å². The molecule has 0 aliphatic heterocycles. The lowest BCUT2D eigenvalue weighted by atomic mass is 10.1. The lowest BCUT2D eigenvalue weighted by Crippen LogP contribution is -2.31. The van der Waals surface area contributed by atoms with Crippen LogP contribution in [0.15, 0.2) is 18.3 Å². The Morgan fingerprint density at radius 3 is 2.88 bits per heavy atom. The predicted octanol–water partition coefficient (Wildman–Crippen LogP) is 2.05. The maximum Gasteiger partial charge on any atom is 0.276 e. The molecule has 0 atom stereocenters. The minimum Gasteiger partial charge on any atom is -0.505 e. The molecule has 1 aliphatic rings. The van der Waals surface area contributed by atoms with Gasteiger partial charge in [-0.1, -0.05) is 12.8 Å². The largest absolute Gasteiger partial charge is 0.505 e. The van der Waals surface area contributed by atoms with Crippen molar-refractivity contribution in [1.82, 2.24) is 9.88 Å². The number of carbonyl (C=O) groups is 1. The second-order valence-electron chi connectivity index (χ2n) is 4.71. The number of pyridine rings is 1. The SMILES string of the molecule is CN(CC1CCCC1)C(=O)c1ncccc1O. The van der Waals surface area contributed by atoms with Gasteiger partial charge in [-0.05, 0) is 30.9 Å². The Morgan fingerprint density at radius 1 is 1.53 bits per heavy atom. The van der Waals surface area contributed by atoms with Crippen LogP contribution in [-0.4, -0.2) is 34.5 Å². The van der Waals surface area contributed by atoms with Crippen molar-refractivity contribution in [2.24, 2.45) is 5.92 Å². The van der Waals surface area contributed by atoms with E-state index in [1.807, 2.05) is 0 Å². The van der Waals surface area contributed by atoms with E-state index in [0.29, 0.717) is 5.92 Å². The third-order valence-corrected chi connectivity index (χ3v) is 3.34. The summed E-state index contributed by atoms with van der Waals surface area (Å²) >= 11 is 0. The van der Waals surface area contributed by atoms with Crippen molar-refractivity contribution in [1.29, 1.82) is 0 Å².